The molecule has 0 bridgehead atoms. The molecular weight excluding hydrogens is 192 g/mol. The van der Waals surface area contributed by atoms with Crippen LogP contribution in [0, 0.1) is 0 Å². The fraction of sp³-hybridized carbons (Fsp3) is 0.909. The summed E-state index contributed by atoms with van der Waals surface area (Å²) in [5.74, 6) is -0.273. The minimum atomic E-state index is -0.273. The van der Waals surface area contributed by atoms with Crippen LogP contribution in [0.25, 0.3) is 0 Å². The predicted octanol–water partition coefficient (Wildman–Crippen LogP) is 0.505. The molecule has 1 unspecified atom stereocenters. The highest BCUT2D eigenvalue weighted by Gasteiger charge is 2.32. The van der Waals surface area contributed by atoms with Gasteiger partial charge in [0.25, 0.3) is 0 Å². The molecule has 1 aliphatic heterocycles. The average molecular weight is 212 g/mol. The van der Waals surface area contributed by atoms with E-state index in [1.807, 2.05) is 0 Å². The number of nitrogens with two attached hydrogens (primary N) is 1. The Hall–Kier alpha value is -0.610. The number of hydrogen-bond donors (Lipinski definition) is 1. The molecule has 0 aromatic rings. The molecular formula is C11H20N2O2. The van der Waals surface area contributed by atoms with Gasteiger partial charge in [0.05, 0.1) is 12.7 Å². The van der Waals surface area contributed by atoms with E-state index >= 15 is 0 Å². The number of primary amides is 1. The normalized spacial score (nSPS) is 27.9. The van der Waals surface area contributed by atoms with E-state index in [-0.39, 0.29) is 5.91 Å². The van der Waals surface area contributed by atoms with E-state index in [1.54, 1.807) is 0 Å². The van der Waals surface area contributed by atoms with E-state index in [1.165, 1.54) is 25.8 Å². The van der Waals surface area contributed by atoms with Crippen LogP contribution in [0.5, 0.6) is 0 Å². The van der Waals surface area contributed by atoms with Crippen LogP contribution in [0.15, 0.2) is 0 Å². The number of likely N-dealkylation sites (tertiary alicyclic amines) is 1. The maximum Gasteiger partial charge on any atom is 0.219 e. The highest BCUT2D eigenvalue weighted by Crippen LogP contribution is 2.29. The standard InChI is InChI=1S/C11H20N2O2/c12-11(14)5-7-15-10-2-1-6-13(8-10)9-3-4-9/h9-10H,1-8H2,(H2,12,14). The van der Waals surface area contributed by atoms with Gasteiger partial charge in [-0.15, -0.1) is 0 Å². The van der Waals surface area contributed by atoms with E-state index < -0.39 is 0 Å². The number of nitrogens with zero attached hydrogens (tertiary/aromatic N) is 1. The van der Waals surface area contributed by atoms with Gasteiger partial charge in [-0.1, -0.05) is 0 Å². The molecule has 0 aromatic carbocycles. The average Bonchev–Trinajstić information content (AvgIpc) is 3.01. The number of rotatable bonds is 5. The smallest absolute Gasteiger partial charge is 0.219 e. The Morgan fingerprint density at radius 2 is 2.20 bits per heavy atom. The van der Waals surface area contributed by atoms with Crippen molar-refractivity contribution in [2.75, 3.05) is 19.7 Å². The van der Waals surface area contributed by atoms with E-state index in [4.69, 9.17) is 10.5 Å². The van der Waals surface area contributed by atoms with Crippen LogP contribution in [0.4, 0.5) is 0 Å². The van der Waals surface area contributed by atoms with Crippen molar-refractivity contribution in [1.29, 1.82) is 0 Å². The van der Waals surface area contributed by atoms with Gasteiger partial charge in [-0.05, 0) is 32.2 Å². The third-order valence-electron chi connectivity index (χ3n) is 3.17. The lowest BCUT2D eigenvalue weighted by molar-refractivity contribution is -0.119. The first kappa shape index (κ1) is 10.9. The molecule has 2 fully saturated rings. The van der Waals surface area contributed by atoms with Crippen molar-refractivity contribution in [1.82, 2.24) is 4.90 Å². The van der Waals surface area contributed by atoms with E-state index in [0.717, 1.165) is 19.0 Å². The fourth-order valence-corrected chi connectivity index (χ4v) is 2.20. The van der Waals surface area contributed by atoms with Gasteiger partial charge in [-0.3, -0.25) is 9.69 Å². The van der Waals surface area contributed by atoms with Gasteiger partial charge in [-0.25, -0.2) is 0 Å². The number of carbonyl (C=O) groups excluding carboxylic acids is 1. The molecule has 2 N–H and O–H groups in total. The molecule has 15 heavy (non-hydrogen) atoms. The van der Waals surface area contributed by atoms with Crippen LogP contribution >= 0.6 is 0 Å². The van der Waals surface area contributed by atoms with Gasteiger partial charge in [0, 0.05) is 19.0 Å². The van der Waals surface area contributed by atoms with Crippen molar-refractivity contribution in [2.24, 2.45) is 5.73 Å². The quantitative estimate of drug-likeness (QED) is 0.722. The van der Waals surface area contributed by atoms with Gasteiger partial charge in [0.1, 0.15) is 0 Å². The zero-order chi connectivity index (χ0) is 10.7. The lowest BCUT2D eigenvalue weighted by Crippen LogP contribution is -2.41. The topological polar surface area (TPSA) is 55.6 Å². The number of hydrogen-bond acceptors (Lipinski definition) is 3. The summed E-state index contributed by atoms with van der Waals surface area (Å²) in [5, 5.41) is 0. The Kier molecular flexibility index (Phi) is 3.59. The molecule has 0 radical (unpaired) electrons. The monoisotopic (exact) mass is 212 g/mol. The van der Waals surface area contributed by atoms with Crippen LogP contribution in [0.3, 0.4) is 0 Å². The van der Waals surface area contributed by atoms with E-state index in [9.17, 15) is 4.79 Å². The molecule has 4 nitrogen and oxygen atoms in total. The highest BCUT2D eigenvalue weighted by molar-refractivity contribution is 5.73. The minimum absolute atomic E-state index is 0.273. The Balaban J connectivity index is 1.65. The number of amides is 1. The second kappa shape index (κ2) is 4.94. The number of carbonyl (C=O) groups is 1. The Morgan fingerprint density at radius 1 is 1.40 bits per heavy atom. The van der Waals surface area contributed by atoms with Crippen LogP contribution in [0.1, 0.15) is 32.1 Å². The van der Waals surface area contributed by atoms with Crippen molar-refractivity contribution in [3.63, 3.8) is 0 Å². The summed E-state index contributed by atoms with van der Waals surface area (Å²) < 4.78 is 5.66. The van der Waals surface area contributed by atoms with Crippen LogP contribution in [-0.2, 0) is 9.53 Å². The predicted molar refractivity (Wildman–Crippen MR) is 57.4 cm³/mol. The van der Waals surface area contributed by atoms with Gasteiger partial charge < -0.3 is 10.5 Å². The van der Waals surface area contributed by atoms with Crippen molar-refractivity contribution < 1.29 is 9.53 Å². The Bertz CT molecular complexity index is 229. The molecule has 1 atom stereocenters. The summed E-state index contributed by atoms with van der Waals surface area (Å²) >= 11 is 0. The molecule has 0 spiro atoms. The fourth-order valence-electron chi connectivity index (χ4n) is 2.20. The SMILES string of the molecule is NC(=O)CCOC1CCCN(C2CC2)C1. The lowest BCUT2D eigenvalue weighted by Gasteiger charge is -2.32. The Morgan fingerprint density at radius 3 is 2.87 bits per heavy atom. The third kappa shape index (κ3) is 3.47. The van der Waals surface area contributed by atoms with Gasteiger partial charge in [0.15, 0.2) is 0 Å². The van der Waals surface area contributed by atoms with E-state index in [2.05, 4.69) is 4.90 Å². The van der Waals surface area contributed by atoms with Crippen LogP contribution in [0.2, 0.25) is 0 Å². The molecule has 2 rings (SSSR count). The van der Waals surface area contributed by atoms with Gasteiger partial charge >= 0.3 is 0 Å². The summed E-state index contributed by atoms with van der Waals surface area (Å²) in [6.07, 6.45) is 5.72. The summed E-state index contributed by atoms with van der Waals surface area (Å²) in [7, 11) is 0. The van der Waals surface area contributed by atoms with Crippen molar-refractivity contribution in [3.8, 4) is 0 Å². The van der Waals surface area contributed by atoms with Crippen molar-refractivity contribution in [3.05, 3.63) is 0 Å². The maximum absolute atomic E-state index is 10.6. The van der Waals surface area contributed by atoms with Gasteiger partial charge in [-0.2, -0.15) is 0 Å². The van der Waals surface area contributed by atoms with E-state index in [0.29, 0.717) is 19.1 Å². The van der Waals surface area contributed by atoms with Gasteiger partial charge in [0.2, 0.25) is 5.91 Å². The summed E-state index contributed by atoms with van der Waals surface area (Å²) in [4.78, 5) is 13.1. The second-order valence-electron chi connectivity index (χ2n) is 4.58. The summed E-state index contributed by atoms with van der Waals surface area (Å²) in [6.45, 7) is 2.75. The number of piperidine rings is 1. The summed E-state index contributed by atoms with van der Waals surface area (Å²) in [5.41, 5.74) is 5.06. The molecule has 1 saturated heterocycles. The first-order valence-electron chi connectivity index (χ1n) is 5.89. The summed E-state index contributed by atoms with van der Waals surface area (Å²) in [6, 6.07) is 0.826. The molecule has 1 amide bonds. The van der Waals surface area contributed by atoms with Crippen LogP contribution < -0.4 is 5.73 Å². The molecule has 86 valence electrons. The highest BCUT2D eigenvalue weighted by atomic mass is 16.5. The zero-order valence-electron chi connectivity index (χ0n) is 9.15. The van der Waals surface area contributed by atoms with Crippen molar-refractivity contribution in [2.45, 2.75) is 44.2 Å². The van der Waals surface area contributed by atoms with Crippen LogP contribution in [-0.4, -0.2) is 42.6 Å². The molecule has 2 aliphatic rings. The molecule has 1 aliphatic carbocycles. The number of ether oxygens (including phenoxy) is 1. The minimum Gasteiger partial charge on any atom is -0.376 e. The third-order valence-corrected chi connectivity index (χ3v) is 3.17. The molecule has 1 saturated carbocycles. The lowest BCUT2D eigenvalue weighted by atomic mass is 10.1. The largest absolute Gasteiger partial charge is 0.376 e. The zero-order valence-corrected chi connectivity index (χ0v) is 9.15. The molecule has 0 aromatic heterocycles. The molecule has 1 heterocycles. The molecule has 4 heteroatoms. The van der Waals surface area contributed by atoms with Crippen molar-refractivity contribution >= 4 is 5.91 Å². The first-order valence-corrected chi connectivity index (χ1v) is 5.89. The maximum atomic E-state index is 10.6. The first-order chi connectivity index (χ1) is 7.25. The Labute approximate surface area is 90.8 Å². The second-order valence-corrected chi connectivity index (χ2v) is 4.58.